The highest BCUT2D eigenvalue weighted by Crippen LogP contribution is 2.16. The summed E-state index contributed by atoms with van der Waals surface area (Å²) in [5, 5.41) is 16.4. The Labute approximate surface area is 90.0 Å². The Bertz CT molecular complexity index is 546. The lowest BCUT2D eigenvalue weighted by atomic mass is 10.4. The number of sulfone groups is 1. The van der Waals surface area contributed by atoms with Crippen LogP contribution in [0.15, 0.2) is 29.2 Å². The molecule has 8 heteroatoms. The third-order valence-electron chi connectivity index (χ3n) is 1.74. The van der Waals surface area contributed by atoms with Crippen molar-refractivity contribution in [2.45, 2.75) is 10.3 Å². The third kappa shape index (κ3) is 2.14. The molecule has 0 saturated carbocycles. The number of rotatable bonds is 3. The summed E-state index contributed by atoms with van der Waals surface area (Å²) < 4.78 is 35.6. The maximum atomic E-state index is 12.5. The van der Waals surface area contributed by atoms with Crippen molar-refractivity contribution in [3.63, 3.8) is 0 Å². The number of hydrogen-bond acceptors (Lipinski definition) is 5. The molecule has 0 spiro atoms. The van der Waals surface area contributed by atoms with Crippen molar-refractivity contribution in [2.75, 3.05) is 0 Å². The minimum Gasteiger partial charge on any atom is -0.262 e. The van der Waals surface area contributed by atoms with Crippen LogP contribution >= 0.6 is 0 Å². The summed E-state index contributed by atoms with van der Waals surface area (Å²) in [6, 6.07) is 4.52. The molecule has 0 radical (unpaired) electrons. The summed E-state index contributed by atoms with van der Waals surface area (Å²) in [5.74, 6) is -0.673. The molecule has 1 unspecified atom stereocenters. The van der Waals surface area contributed by atoms with Gasteiger partial charge in [0.05, 0.1) is 9.82 Å². The van der Waals surface area contributed by atoms with E-state index in [0.717, 1.165) is 30.3 Å². The first-order chi connectivity index (χ1) is 7.39. The molecule has 6 nitrogen and oxygen atoms in total. The summed E-state index contributed by atoms with van der Waals surface area (Å²) in [5.41, 5.74) is 0. The van der Waals surface area contributed by atoms with Gasteiger partial charge in [-0.15, -0.1) is 0 Å². The van der Waals surface area contributed by atoms with E-state index in [0.29, 0.717) is 0 Å². The highest BCUT2D eigenvalue weighted by Gasteiger charge is 2.37. The van der Waals surface area contributed by atoms with Crippen LogP contribution in [0.3, 0.4) is 0 Å². The molecular formula is C8H5FN2O4S. The number of nitriles is 1. The molecule has 84 valence electrons. The smallest absolute Gasteiger partial charge is 0.262 e. The SMILES string of the molecule is N#CC([N+](=O)[O-])S(=O)(=O)c1ccc(F)cc1. The van der Waals surface area contributed by atoms with Crippen LogP contribution in [0.5, 0.6) is 0 Å². The summed E-state index contributed by atoms with van der Waals surface area (Å²) in [6.07, 6.45) is 0. The summed E-state index contributed by atoms with van der Waals surface area (Å²) in [7, 11) is -4.39. The average molecular weight is 244 g/mol. The van der Waals surface area contributed by atoms with E-state index in [-0.39, 0.29) is 0 Å². The molecule has 0 aliphatic heterocycles. The van der Waals surface area contributed by atoms with Gasteiger partial charge < -0.3 is 0 Å². The molecule has 0 bridgehead atoms. The van der Waals surface area contributed by atoms with E-state index in [1.807, 2.05) is 0 Å². The van der Waals surface area contributed by atoms with Gasteiger partial charge in [0.15, 0.2) is 6.07 Å². The zero-order valence-corrected chi connectivity index (χ0v) is 8.52. The highest BCUT2D eigenvalue weighted by atomic mass is 32.2. The average Bonchev–Trinajstić information content (AvgIpc) is 2.18. The van der Waals surface area contributed by atoms with Crippen LogP contribution < -0.4 is 0 Å². The Hall–Kier alpha value is -2.01. The second-order valence-electron chi connectivity index (χ2n) is 2.77. The molecule has 0 N–H and O–H groups in total. The first kappa shape index (κ1) is 12.1. The van der Waals surface area contributed by atoms with Gasteiger partial charge in [0.1, 0.15) is 5.82 Å². The van der Waals surface area contributed by atoms with E-state index in [1.165, 1.54) is 0 Å². The fourth-order valence-corrected chi connectivity index (χ4v) is 2.12. The number of nitrogens with zero attached hydrogens (tertiary/aromatic N) is 2. The number of nitro groups is 1. The van der Waals surface area contributed by atoms with Crippen molar-refractivity contribution >= 4 is 9.84 Å². The number of halogens is 1. The Morgan fingerprint density at radius 2 is 1.88 bits per heavy atom. The fraction of sp³-hybridized carbons (Fsp3) is 0.125. The Balaban J connectivity index is 3.27. The van der Waals surface area contributed by atoms with Crippen LogP contribution in [0.4, 0.5) is 4.39 Å². The molecule has 0 aromatic heterocycles. The Kier molecular flexibility index (Phi) is 3.20. The lowest BCUT2D eigenvalue weighted by molar-refractivity contribution is -0.482. The topological polar surface area (TPSA) is 101 Å². The lowest BCUT2D eigenvalue weighted by Crippen LogP contribution is -2.28. The molecule has 1 aromatic carbocycles. The molecule has 0 fully saturated rings. The second kappa shape index (κ2) is 4.24. The lowest BCUT2D eigenvalue weighted by Gasteiger charge is -2.03. The summed E-state index contributed by atoms with van der Waals surface area (Å²) in [6.45, 7) is 0. The van der Waals surface area contributed by atoms with Gasteiger partial charge in [-0.25, -0.2) is 12.8 Å². The zero-order valence-electron chi connectivity index (χ0n) is 7.70. The predicted molar refractivity (Wildman–Crippen MR) is 50.0 cm³/mol. The van der Waals surface area contributed by atoms with E-state index in [2.05, 4.69) is 0 Å². The maximum absolute atomic E-state index is 12.5. The van der Waals surface area contributed by atoms with Crippen molar-refractivity contribution in [2.24, 2.45) is 0 Å². The minimum absolute atomic E-state index is 0.461. The van der Waals surface area contributed by atoms with E-state index >= 15 is 0 Å². The van der Waals surface area contributed by atoms with Crippen LogP contribution in [0, 0.1) is 27.3 Å². The van der Waals surface area contributed by atoms with Gasteiger partial charge in [-0.2, -0.15) is 5.26 Å². The van der Waals surface area contributed by atoms with Gasteiger partial charge in [-0.05, 0) is 24.3 Å². The van der Waals surface area contributed by atoms with Crippen LogP contribution in [0.2, 0.25) is 0 Å². The van der Waals surface area contributed by atoms with E-state index < -0.39 is 30.8 Å². The van der Waals surface area contributed by atoms with Gasteiger partial charge in [0.25, 0.3) is 9.84 Å². The van der Waals surface area contributed by atoms with Crippen LogP contribution in [-0.4, -0.2) is 18.7 Å². The van der Waals surface area contributed by atoms with Gasteiger partial charge in [-0.3, -0.25) is 10.1 Å². The van der Waals surface area contributed by atoms with Crippen LogP contribution in [0.25, 0.3) is 0 Å². The molecule has 0 heterocycles. The molecule has 1 atom stereocenters. The molecule has 0 saturated heterocycles. The second-order valence-corrected chi connectivity index (χ2v) is 4.77. The first-order valence-electron chi connectivity index (χ1n) is 3.92. The third-order valence-corrected chi connectivity index (χ3v) is 3.53. The van der Waals surface area contributed by atoms with Gasteiger partial charge in [-0.1, -0.05) is 0 Å². The highest BCUT2D eigenvalue weighted by molar-refractivity contribution is 7.92. The maximum Gasteiger partial charge on any atom is 0.397 e. The first-order valence-corrected chi connectivity index (χ1v) is 5.47. The quantitative estimate of drug-likeness (QED) is 0.443. The van der Waals surface area contributed by atoms with Crippen molar-refractivity contribution in [3.05, 3.63) is 40.2 Å². The monoisotopic (exact) mass is 244 g/mol. The van der Waals surface area contributed by atoms with Crippen molar-refractivity contribution in [1.82, 2.24) is 0 Å². The van der Waals surface area contributed by atoms with Gasteiger partial charge in [0, 0.05) is 0 Å². The Morgan fingerprint density at radius 3 is 2.25 bits per heavy atom. The molecular weight excluding hydrogens is 239 g/mol. The normalized spacial score (nSPS) is 12.8. The molecule has 0 aliphatic rings. The fourth-order valence-electron chi connectivity index (χ4n) is 0.983. The van der Waals surface area contributed by atoms with E-state index in [9.17, 15) is 22.9 Å². The van der Waals surface area contributed by atoms with Gasteiger partial charge in [0.2, 0.25) is 0 Å². The van der Waals surface area contributed by atoms with Crippen LogP contribution in [-0.2, 0) is 9.84 Å². The predicted octanol–water partition coefficient (Wildman–Crippen LogP) is 0.726. The largest absolute Gasteiger partial charge is 0.397 e. The number of benzene rings is 1. The van der Waals surface area contributed by atoms with Crippen molar-refractivity contribution < 1.29 is 17.7 Å². The molecule has 16 heavy (non-hydrogen) atoms. The van der Waals surface area contributed by atoms with Crippen LogP contribution in [0.1, 0.15) is 0 Å². The minimum atomic E-state index is -4.39. The molecule has 0 aliphatic carbocycles. The molecule has 0 amide bonds. The Morgan fingerprint density at radius 1 is 1.38 bits per heavy atom. The molecule has 1 rings (SSSR count). The van der Waals surface area contributed by atoms with E-state index in [1.54, 1.807) is 0 Å². The van der Waals surface area contributed by atoms with Gasteiger partial charge >= 0.3 is 5.37 Å². The zero-order chi connectivity index (χ0) is 12.3. The summed E-state index contributed by atoms with van der Waals surface area (Å²) in [4.78, 5) is 8.68. The standard InChI is InChI=1S/C8H5FN2O4S/c9-6-1-3-7(4-2-6)16(14,15)8(5-10)11(12)13/h1-4,8H. The molecule has 1 aromatic rings. The van der Waals surface area contributed by atoms with Crippen molar-refractivity contribution in [3.8, 4) is 6.07 Å². The van der Waals surface area contributed by atoms with Crippen molar-refractivity contribution in [1.29, 1.82) is 5.26 Å². The van der Waals surface area contributed by atoms with E-state index in [4.69, 9.17) is 5.26 Å². The summed E-state index contributed by atoms with van der Waals surface area (Å²) >= 11 is 0. The number of hydrogen-bond donors (Lipinski definition) is 0.